The van der Waals surface area contributed by atoms with Gasteiger partial charge in [-0.25, -0.2) is 0 Å². The van der Waals surface area contributed by atoms with Crippen molar-refractivity contribution in [2.45, 2.75) is 0 Å². The third kappa shape index (κ3) is 118. The largest absolute Gasteiger partial charge is 4.00 e. The molecule has 0 aromatic heterocycles. The van der Waals surface area contributed by atoms with Crippen LogP contribution in [0, 0.1) is 0 Å². The number of hydrogen-bond donors (Lipinski definition) is 0. The van der Waals surface area contributed by atoms with Crippen LogP contribution in [-0.2, 0) is 77.5 Å². The van der Waals surface area contributed by atoms with Crippen LogP contribution in [0.3, 0.4) is 0 Å². The van der Waals surface area contributed by atoms with E-state index in [-0.39, 0.29) is 135 Å². The summed E-state index contributed by atoms with van der Waals surface area (Å²) in [6.45, 7) is 0. The van der Waals surface area contributed by atoms with E-state index in [4.69, 9.17) is 0 Å². The topological polar surface area (TPSA) is 122 Å². The molecule has 0 rings (SSSR count). The van der Waals surface area contributed by atoms with Crippen molar-refractivity contribution in [1.82, 2.24) is 0 Å². The SMILES string of the molecule is [Hf+4].[Hf+4].[Hf+4].[N-3].[N-3].[N-3].[N-3].[Si].[Si].[Si]. The van der Waals surface area contributed by atoms with Gasteiger partial charge in [-0.2, -0.15) is 0 Å². The van der Waals surface area contributed by atoms with Gasteiger partial charge in [-0.15, -0.1) is 0 Å². The normalized spacial score (nSPS) is 0. The molecule has 0 aliphatic heterocycles. The van der Waals surface area contributed by atoms with Gasteiger partial charge in [0.2, 0.25) is 0 Å². The van der Waals surface area contributed by atoms with Gasteiger partial charge in [0.25, 0.3) is 0 Å². The smallest absolute Gasteiger partial charge is 3.00 e. The van der Waals surface area contributed by atoms with E-state index >= 15 is 0 Å². The second-order valence-electron chi connectivity index (χ2n) is 0. The summed E-state index contributed by atoms with van der Waals surface area (Å²) in [6, 6.07) is 0. The van der Waals surface area contributed by atoms with Crippen LogP contribution in [-0.4, -0.2) is 32.9 Å². The summed E-state index contributed by atoms with van der Waals surface area (Å²) in [5.41, 5.74) is 0. The van der Waals surface area contributed by atoms with Crippen LogP contribution in [0.1, 0.15) is 0 Å². The van der Waals surface area contributed by atoms with Crippen molar-refractivity contribution in [3.8, 4) is 0 Å². The zero-order valence-corrected chi connectivity index (χ0v) is 18.6. The quantitative estimate of drug-likeness (QED) is 0.322. The Morgan fingerprint density at radius 1 is 0.300 bits per heavy atom. The fourth-order valence-corrected chi connectivity index (χ4v) is 0. The van der Waals surface area contributed by atoms with Crippen LogP contribution in [0.25, 0.3) is 24.6 Å². The Kier molecular flexibility index (Phi) is 3090. The van der Waals surface area contributed by atoms with Crippen molar-refractivity contribution in [2.75, 3.05) is 0 Å². The molecule has 0 aromatic carbocycles. The molecule has 0 aliphatic rings. The van der Waals surface area contributed by atoms with Gasteiger partial charge in [0.15, 0.2) is 0 Å². The predicted octanol–water partition coefficient (Wildman–Crippen LogP) is 0.00490. The molecule has 0 saturated heterocycles. The first-order chi connectivity index (χ1) is 0. The van der Waals surface area contributed by atoms with Crippen molar-refractivity contribution in [3.63, 3.8) is 0 Å². The van der Waals surface area contributed by atoms with Crippen molar-refractivity contribution in [3.05, 3.63) is 24.6 Å². The Labute approximate surface area is 133 Å². The minimum atomic E-state index is 0. The number of nitrogens with zero attached hydrogens (tertiary/aromatic N) is 4. The Morgan fingerprint density at radius 3 is 0.300 bits per heavy atom. The zero-order chi connectivity index (χ0) is 0. The van der Waals surface area contributed by atoms with E-state index in [0.29, 0.717) is 0 Å². The summed E-state index contributed by atoms with van der Waals surface area (Å²) in [7, 11) is 0. The molecular formula is Hf3N4Si3. The molecule has 12 radical (unpaired) electrons. The van der Waals surface area contributed by atoms with Crippen LogP contribution in [0.2, 0.25) is 0 Å². The summed E-state index contributed by atoms with van der Waals surface area (Å²) in [4.78, 5) is 0. The number of rotatable bonds is 0. The average molecular weight is 676 g/mol. The summed E-state index contributed by atoms with van der Waals surface area (Å²) >= 11 is 0. The van der Waals surface area contributed by atoms with Crippen LogP contribution in [0.15, 0.2) is 0 Å². The fraction of sp³-hybridized carbons (Fsp3) is 0. The minimum absolute atomic E-state index is 0. The molecule has 0 bridgehead atoms. The van der Waals surface area contributed by atoms with E-state index in [1.807, 2.05) is 0 Å². The maximum atomic E-state index is 0. The van der Waals surface area contributed by atoms with E-state index in [1.165, 1.54) is 0 Å². The molecule has 4 nitrogen and oxygen atoms in total. The van der Waals surface area contributed by atoms with Crippen molar-refractivity contribution >= 4 is 32.9 Å². The monoisotopic (exact) mass is 680 g/mol. The molecule has 0 atom stereocenters. The van der Waals surface area contributed by atoms with Gasteiger partial charge in [-0.3, -0.25) is 0 Å². The average Bonchev–Trinajstić information content (AvgIpc) is 0. The van der Waals surface area contributed by atoms with E-state index in [0.717, 1.165) is 0 Å². The van der Waals surface area contributed by atoms with Crippen molar-refractivity contribution in [1.29, 1.82) is 0 Å². The van der Waals surface area contributed by atoms with E-state index in [1.54, 1.807) is 0 Å². The molecule has 10 heavy (non-hydrogen) atoms. The summed E-state index contributed by atoms with van der Waals surface area (Å²) in [5, 5.41) is 0. The van der Waals surface area contributed by atoms with Crippen molar-refractivity contribution in [2.24, 2.45) is 0 Å². The first-order valence-electron chi connectivity index (χ1n) is 0. The molecule has 0 heterocycles. The van der Waals surface area contributed by atoms with Gasteiger partial charge >= 0.3 is 77.5 Å². The molecule has 0 fully saturated rings. The predicted molar refractivity (Wildman–Crippen MR) is 30.7 cm³/mol. The molecule has 44 valence electrons. The summed E-state index contributed by atoms with van der Waals surface area (Å²) < 4.78 is 0. The van der Waals surface area contributed by atoms with Gasteiger partial charge in [-0.05, 0) is 0 Å². The molecule has 0 saturated carbocycles. The van der Waals surface area contributed by atoms with Gasteiger partial charge < -0.3 is 24.6 Å². The Bertz CT molecular complexity index is 15.7. The van der Waals surface area contributed by atoms with Gasteiger partial charge in [0.1, 0.15) is 0 Å². The maximum Gasteiger partial charge on any atom is 4.00 e. The van der Waals surface area contributed by atoms with Gasteiger partial charge in [-0.1, -0.05) is 0 Å². The summed E-state index contributed by atoms with van der Waals surface area (Å²) in [6.07, 6.45) is 0. The molecule has 0 aromatic rings. The Hall–Kier alpha value is 3.10. The zero-order valence-electron chi connectivity index (χ0n) is 4.79. The first-order valence-corrected chi connectivity index (χ1v) is 0. The summed E-state index contributed by atoms with van der Waals surface area (Å²) in [5.74, 6) is 0. The van der Waals surface area contributed by atoms with Gasteiger partial charge in [0.05, 0.1) is 0 Å². The van der Waals surface area contributed by atoms with E-state index in [9.17, 15) is 0 Å². The maximum absolute atomic E-state index is 0. The first kappa shape index (κ1) is 199. The molecule has 0 N–H and O–H groups in total. The molecule has 0 unspecified atom stereocenters. The Morgan fingerprint density at radius 2 is 0.300 bits per heavy atom. The fourth-order valence-electron chi connectivity index (χ4n) is 0. The van der Waals surface area contributed by atoms with Crippen LogP contribution < -0.4 is 0 Å². The second kappa shape index (κ2) is 155. The van der Waals surface area contributed by atoms with E-state index < -0.39 is 0 Å². The minimum Gasteiger partial charge on any atom is -3.00 e. The third-order valence-corrected chi connectivity index (χ3v) is 0. The van der Waals surface area contributed by atoms with E-state index in [2.05, 4.69) is 0 Å². The van der Waals surface area contributed by atoms with Crippen LogP contribution in [0.4, 0.5) is 0 Å². The Balaban J connectivity index is 0. The second-order valence-corrected chi connectivity index (χ2v) is 0. The molecule has 10 heteroatoms. The molecule has 0 aliphatic carbocycles. The van der Waals surface area contributed by atoms with Crippen molar-refractivity contribution < 1.29 is 77.5 Å². The van der Waals surface area contributed by atoms with Crippen LogP contribution in [0.5, 0.6) is 0 Å². The molecule has 0 amide bonds. The number of hydrogen-bond acceptors (Lipinski definition) is 0. The standard InChI is InChI=1S/3Hf.4N.3Si/q3*+4;4*-3;;;. The molecule has 0 spiro atoms. The third-order valence-electron chi connectivity index (χ3n) is 0. The molecular weight excluding hydrogens is 676 g/mol. The van der Waals surface area contributed by atoms with Gasteiger partial charge in [0, 0.05) is 32.9 Å². The van der Waals surface area contributed by atoms with Crippen LogP contribution >= 0.6 is 0 Å².